The van der Waals surface area contributed by atoms with E-state index in [1.807, 2.05) is 0 Å². The van der Waals surface area contributed by atoms with E-state index in [1.54, 1.807) is 0 Å². The Bertz CT molecular complexity index is 209. The fourth-order valence-electron chi connectivity index (χ4n) is 3.51. The molecule has 17 heavy (non-hydrogen) atoms. The Hall–Kier alpha value is -0.0800. The first kappa shape index (κ1) is 13.4. The molecule has 1 saturated heterocycles. The van der Waals surface area contributed by atoms with Crippen LogP contribution in [0.4, 0.5) is 0 Å². The minimum Gasteiger partial charge on any atom is -0.313 e. The van der Waals surface area contributed by atoms with E-state index < -0.39 is 0 Å². The average Bonchev–Trinajstić information content (AvgIpc) is 2.56. The summed E-state index contributed by atoms with van der Waals surface area (Å²) in [6.07, 6.45) is 9.79. The SMILES string of the molecule is CCCC1CN(C2CCC(C)CC2)CCCN1. The zero-order valence-electron chi connectivity index (χ0n) is 11.8. The van der Waals surface area contributed by atoms with Gasteiger partial charge in [-0.2, -0.15) is 0 Å². The number of nitrogens with zero attached hydrogens (tertiary/aromatic N) is 1. The van der Waals surface area contributed by atoms with Gasteiger partial charge in [-0.05, 0) is 57.5 Å². The van der Waals surface area contributed by atoms with Gasteiger partial charge in [0.05, 0.1) is 0 Å². The molecule has 0 spiro atoms. The van der Waals surface area contributed by atoms with E-state index in [0.717, 1.165) is 18.0 Å². The van der Waals surface area contributed by atoms with Gasteiger partial charge in [-0.3, -0.25) is 4.90 Å². The molecule has 0 radical (unpaired) electrons. The molecular formula is C15H30N2. The maximum Gasteiger partial charge on any atom is 0.0195 e. The van der Waals surface area contributed by atoms with Gasteiger partial charge in [0.25, 0.3) is 0 Å². The maximum absolute atomic E-state index is 3.72. The fourth-order valence-corrected chi connectivity index (χ4v) is 3.51. The third kappa shape index (κ3) is 3.96. The molecule has 1 heterocycles. The molecule has 1 atom stereocenters. The monoisotopic (exact) mass is 238 g/mol. The van der Waals surface area contributed by atoms with Crippen molar-refractivity contribution < 1.29 is 0 Å². The highest BCUT2D eigenvalue weighted by Gasteiger charge is 2.26. The minimum absolute atomic E-state index is 0.752. The van der Waals surface area contributed by atoms with E-state index in [-0.39, 0.29) is 0 Å². The molecule has 1 saturated carbocycles. The van der Waals surface area contributed by atoms with Crippen molar-refractivity contribution in [3.05, 3.63) is 0 Å². The topological polar surface area (TPSA) is 15.3 Å². The molecule has 0 bridgehead atoms. The van der Waals surface area contributed by atoms with Crippen LogP contribution in [0.1, 0.15) is 58.8 Å². The van der Waals surface area contributed by atoms with Crippen molar-refractivity contribution in [1.82, 2.24) is 10.2 Å². The molecular weight excluding hydrogens is 208 g/mol. The van der Waals surface area contributed by atoms with Crippen molar-refractivity contribution in [3.63, 3.8) is 0 Å². The van der Waals surface area contributed by atoms with Gasteiger partial charge >= 0.3 is 0 Å². The van der Waals surface area contributed by atoms with Gasteiger partial charge in [0.1, 0.15) is 0 Å². The number of nitrogens with one attached hydrogen (secondary N) is 1. The lowest BCUT2D eigenvalue weighted by Gasteiger charge is -2.36. The Labute approximate surface area is 107 Å². The summed E-state index contributed by atoms with van der Waals surface area (Å²) in [6, 6.07) is 1.65. The highest BCUT2D eigenvalue weighted by molar-refractivity contribution is 4.84. The largest absolute Gasteiger partial charge is 0.313 e. The summed E-state index contributed by atoms with van der Waals surface area (Å²) in [6.45, 7) is 8.57. The predicted molar refractivity (Wildman–Crippen MR) is 74.3 cm³/mol. The first-order chi connectivity index (χ1) is 8.29. The summed E-state index contributed by atoms with van der Waals surface area (Å²) < 4.78 is 0. The highest BCUT2D eigenvalue weighted by atomic mass is 15.2. The van der Waals surface area contributed by atoms with Crippen LogP contribution < -0.4 is 5.32 Å². The lowest BCUT2D eigenvalue weighted by atomic mass is 9.86. The molecule has 2 rings (SSSR count). The van der Waals surface area contributed by atoms with Crippen LogP contribution in [0.3, 0.4) is 0 Å². The smallest absolute Gasteiger partial charge is 0.0195 e. The first-order valence-electron chi connectivity index (χ1n) is 7.77. The van der Waals surface area contributed by atoms with Crippen LogP contribution in [0.2, 0.25) is 0 Å². The average molecular weight is 238 g/mol. The lowest BCUT2D eigenvalue weighted by Crippen LogP contribution is -2.44. The summed E-state index contributed by atoms with van der Waals surface area (Å²) in [5.74, 6) is 0.975. The van der Waals surface area contributed by atoms with Crippen molar-refractivity contribution in [1.29, 1.82) is 0 Å². The van der Waals surface area contributed by atoms with E-state index in [9.17, 15) is 0 Å². The van der Waals surface area contributed by atoms with Crippen LogP contribution in [0.15, 0.2) is 0 Å². The Kier molecular flexibility index (Phi) is 5.30. The molecule has 0 aromatic rings. The molecule has 2 aliphatic rings. The normalized spacial score (nSPS) is 36.7. The van der Waals surface area contributed by atoms with E-state index >= 15 is 0 Å². The second-order valence-corrected chi connectivity index (χ2v) is 6.20. The van der Waals surface area contributed by atoms with E-state index in [2.05, 4.69) is 24.1 Å². The van der Waals surface area contributed by atoms with Gasteiger partial charge in [0, 0.05) is 18.6 Å². The number of hydrogen-bond acceptors (Lipinski definition) is 2. The Morgan fingerprint density at radius 2 is 1.94 bits per heavy atom. The third-order valence-electron chi connectivity index (χ3n) is 4.65. The van der Waals surface area contributed by atoms with Crippen molar-refractivity contribution in [2.24, 2.45) is 5.92 Å². The van der Waals surface area contributed by atoms with Crippen molar-refractivity contribution >= 4 is 0 Å². The van der Waals surface area contributed by atoms with Gasteiger partial charge < -0.3 is 5.32 Å². The van der Waals surface area contributed by atoms with Gasteiger partial charge in [-0.1, -0.05) is 20.3 Å². The molecule has 0 aromatic carbocycles. The zero-order chi connectivity index (χ0) is 12.1. The maximum atomic E-state index is 3.72. The van der Waals surface area contributed by atoms with Gasteiger partial charge in [0.2, 0.25) is 0 Å². The summed E-state index contributed by atoms with van der Waals surface area (Å²) in [5.41, 5.74) is 0. The molecule has 1 N–H and O–H groups in total. The van der Waals surface area contributed by atoms with Crippen LogP contribution in [0, 0.1) is 5.92 Å². The summed E-state index contributed by atoms with van der Waals surface area (Å²) in [5, 5.41) is 3.72. The van der Waals surface area contributed by atoms with Crippen LogP contribution in [0.5, 0.6) is 0 Å². The molecule has 1 unspecified atom stereocenters. The number of rotatable bonds is 3. The quantitative estimate of drug-likeness (QED) is 0.813. The lowest BCUT2D eigenvalue weighted by molar-refractivity contribution is 0.136. The molecule has 100 valence electrons. The van der Waals surface area contributed by atoms with Crippen LogP contribution in [-0.2, 0) is 0 Å². The molecule has 1 aliphatic carbocycles. The van der Waals surface area contributed by atoms with Gasteiger partial charge in [-0.15, -0.1) is 0 Å². The Morgan fingerprint density at radius 1 is 1.18 bits per heavy atom. The van der Waals surface area contributed by atoms with E-state index in [0.29, 0.717) is 0 Å². The highest BCUT2D eigenvalue weighted by Crippen LogP contribution is 2.27. The van der Waals surface area contributed by atoms with Gasteiger partial charge in [-0.25, -0.2) is 0 Å². The first-order valence-corrected chi connectivity index (χ1v) is 7.77. The molecule has 2 fully saturated rings. The van der Waals surface area contributed by atoms with Crippen molar-refractivity contribution in [2.75, 3.05) is 19.6 Å². The molecule has 2 heteroatoms. The second kappa shape index (κ2) is 6.75. The van der Waals surface area contributed by atoms with Crippen molar-refractivity contribution in [2.45, 2.75) is 70.9 Å². The van der Waals surface area contributed by atoms with Gasteiger partial charge in [0.15, 0.2) is 0 Å². The van der Waals surface area contributed by atoms with E-state index in [1.165, 1.54) is 64.6 Å². The molecule has 1 aliphatic heterocycles. The number of hydrogen-bond donors (Lipinski definition) is 1. The predicted octanol–water partition coefficient (Wildman–Crippen LogP) is 3.03. The summed E-state index contributed by atoms with van der Waals surface area (Å²) >= 11 is 0. The van der Waals surface area contributed by atoms with Crippen LogP contribution in [0.25, 0.3) is 0 Å². The van der Waals surface area contributed by atoms with Crippen LogP contribution >= 0.6 is 0 Å². The molecule has 0 aromatic heterocycles. The zero-order valence-corrected chi connectivity index (χ0v) is 11.8. The summed E-state index contributed by atoms with van der Waals surface area (Å²) in [7, 11) is 0. The van der Waals surface area contributed by atoms with E-state index in [4.69, 9.17) is 0 Å². The Balaban J connectivity index is 1.85. The standard InChI is InChI=1S/C15H30N2/c1-3-5-14-12-17(11-4-10-16-14)15-8-6-13(2)7-9-15/h13-16H,3-12H2,1-2H3. The van der Waals surface area contributed by atoms with Crippen molar-refractivity contribution in [3.8, 4) is 0 Å². The minimum atomic E-state index is 0.752. The third-order valence-corrected chi connectivity index (χ3v) is 4.65. The molecule has 2 nitrogen and oxygen atoms in total. The summed E-state index contributed by atoms with van der Waals surface area (Å²) in [4.78, 5) is 2.80. The Morgan fingerprint density at radius 3 is 2.65 bits per heavy atom. The molecule has 0 amide bonds. The fraction of sp³-hybridized carbons (Fsp3) is 1.00. The van der Waals surface area contributed by atoms with Crippen LogP contribution in [-0.4, -0.2) is 36.6 Å². The second-order valence-electron chi connectivity index (χ2n) is 6.20.